The van der Waals surface area contributed by atoms with E-state index in [2.05, 4.69) is 48.9 Å². The lowest BCUT2D eigenvalue weighted by atomic mass is 10.0. The van der Waals surface area contributed by atoms with Crippen molar-refractivity contribution >= 4 is 34.0 Å². The monoisotopic (exact) mass is 584 g/mol. The Bertz CT molecular complexity index is 898. The Morgan fingerprint density at radius 2 is 0.744 bits per heavy atom. The van der Waals surface area contributed by atoms with Crippen molar-refractivity contribution in [3.63, 3.8) is 0 Å². The van der Waals surface area contributed by atoms with Crippen LogP contribution in [0.15, 0.2) is 35.0 Å². The van der Waals surface area contributed by atoms with E-state index in [0.717, 1.165) is 0 Å². The van der Waals surface area contributed by atoms with Crippen molar-refractivity contribution in [3.05, 3.63) is 46.2 Å². The molecule has 0 N–H and O–H groups in total. The van der Waals surface area contributed by atoms with Gasteiger partial charge < -0.3 is 0 Å². The Kier molecular flexibility index (Phi) is 17.5. The number of rotatable bonds is 24. The van der Waals surface area contributed by atoms with Crippen molar-refractivity contribution in [2.75, 3.05) is 0 Å². The molecule has 0 nitrogen and oxygen atoms in total. The summed E-state index contributed by atoms with van der Waals surface area (Å²) < 4.78 is 0. The van der Waals surface area contributed by atoms with E-state index in [4.69, 9.17) is 0 Å². The number of unbranched alkanes of at least 4 members (excludes halogenated alkanes) is 18. The van der Waals surface area contributed by atoms with Crippen LogP contribution in [-0.4, -0.2) is 0 Å². The molecule has 0 aliphatic carbocycles. The van der Waals surface area contributed by atoms with Crippen molar-refractivity contribution in [1.82, 2.24) is 0 Å². The summed E-state index contributed by atoms with van der Waals surface area (Å²) in [6, 6.07) is 9.60. The molecule has 3 aromatic rings. The normalized spacial score (nSPS) is 11.5. The van der Waals surface area contributed by atoms with Crippen molar-refractivity contribution in [1.29, 1.82) is 0 Å². The molecule has 3 heteroatoms. The topological polar surface area (TPSA) is 0 Å². The molecule has 0 aliphatic rings. The predicted molar refractivity (Wildman–Crippen MR) is 182 cm³/mol. The number of thiophene rings is 3. The van der Waals surface area contributed by atoms with Crippen molar-refractivity contribution in [2.45, 2.75) is 155 Å². The highest BCUT2D eigenvalue weighted by Crippen LogP contribution is 2.40. The SMILES string of the molecule is CCCCCCCCCCCCc1csc(-c2ccc(-c3cc(CCCCCCCCCCCC)cs3)s2)c1. The van der Waals surface area contributed by atoms with Gasteiger partial charge in [0.05, 0.1) is 0 Å². The second-order valence-corrected chi connectivity index (χ2v) is 14.6. The zero-order valence-corrected chi connectivity index (χ0v) is 27.7. The second kappa shape index (κ2) is 20.9. The molecule has 3 aromatic heterocycles. The highest BCUT2D eigenvalue weighted by molar-refractivity contribution is 7.25. The molecule has 0 bridgehead atoms. The third-order valence-corrected chi connectivity index (χ3v) is 11.5. The number of aryl methyl sites for hydroxylation is 2. The maximum Gasteiger partial charge on any atom is 0.0449 e. The largest absolute Gasteiger partial charge is 0.143 e. The molecule has 0 amide bonds. The molecule has 0 fully saturated rings. The average molecular weight is 585 g/mol. The summed E-state index contributed by atoms with van der Waals surface area (Å²) in [6.45, 7) is 4.60. The van der Waals surface area contributed by atoms with Crippen LogP contribution in [0.5, 0.6) is 0 Å². The first-order valence-corrected chi connectivity index (χ1v) is 19.1. The molecule has 3 heterocycles. The van der Waals surface area contributed by atoms with Crippen molar-refractivity contribution in [3.8, 4) is 19.5 Å². The van der Waals surface area contributed by atoms with Gasteiger partial charge in [-0.3, -0.25) is 0 Å². The molecular formula is C36H56S3. The molecule has 0 spiro atoms. The zero-order chi connectivity index (χ0) is 27.4. The quantitative estimate of drug-likeness (QED) is 0.0918. The summed E-state index contributed by atoms with van der Waals surface area (Å²) in [5.74, 6) is 0. The minimum atomic E-state index is 1.25. The van der Waals surface area contributed by atoms with E-state index in [-0.39, 0.29) is 0 Å². The summed E-state index contributed by atoms with van der Waals surface area (Å²) in [7, 11) is 0. The third kappa shape index (κ3) is 13.5. The Hall–Kier alpha value is -0.900. The lowest BCUT2D eigenvalue weighted by Crippen LogP contribution is -1.84. The van der Waals surface area contributed by atoms with Gasteiger partial charge in [-0.05, 0) is 71.8 Å². The highest BCUT2D eigenvalue weighted by atomic mass is 32.1. The summed E-state index contributed by atoms with van der Waals surface area (Å²) >= 11 is 5.85. The first-order chi connectivity index (χ1) is 19.3. The minimum Gasteiger partial charge on any atom is -0.143 e. The molecule has 218 valence electrons. The van der Waals surface area contributed by atoms with E-state index in [1.807, 2.05) is 34.0 Å². The third-order valence-electron chi connectivity index (χ3n) is 8.04. The Morgan fingerprint density at radius 3 is 1.10 bits per heavy atom. The fourth-order valence-electron chi connectivity index (χ4n) is 5.51. The van der Waals surface area contributed by atoms with Crippen LogP contribution in [0.2, 0.25) is 0 Å². The fraction of sp³-hybridized carbons (Fsp3) is 0.667. The summed E-state index contributed by atoms with van der Waals surface area (Å²) in [6.07, 6.45) is 30.8. The lowest BCUT2D eigenvalue weighted by molar-refractivity contribution is 0.556. The maximum absolute atomic E-state index is 2.46. The minimum absolute atomic E-state index is 1.25. The zero-order valence-electron chi connectivity index (χ0n) is 25.2. The molecule has 3 rings (SSSR count). The number of hydrogen-bond acceptors (Lipinski definition) is 3. The van der Waals surface area contributed by atoms with Gasteiger partial charge in [0.1, 0.15) is 0 Å². The van der Waals surface area contributed by atoms with Crippen LogP contribution in [0.1, 0.15) is 153 Å². The Labute approximate surface area is 253 Å². The number of hydrogen-bond donors (Lipinski definition) is 0. The fourth-order valence-corrected chi connectivity index (χ4v) is 8.61. The van der Waals surface area contributed by atoms with Gasteiger partial charge >= 0.3 is 0 Å². The van der Waals surface area contributed by atoms with E-state index >= 15 is 0 Å². The summed E-state index contributed by atoms with van der Waals surface area (Å²) in [4.78, 5) is 5.79. The smallest absolute Gasteiger partial charge is 0.0449 e. The van der Waals surface area contributed by atoms with E-state index in [9.17, 15) is 0 Å². The van der Waals surface area contributed by atoms with Crippen LogP contribution in [0.3, 0.4) is 0 Å². The van der Waals surface area contributed by atoms with Gasteiger partial charge in [-0.25, -0.2) is 0 Å². The Balaban J connectivity index is 1.29. The predicted octanol–water partition coefficient (Wildman–Crippen LogP) is 14.1. The highest BCUT2D eigenvalue weighted by Gasteiger charge is 2.10. The molecule has 39 heavy (non-hydrogen) atoms. The average Bonchev–Trinajstić information content (AvgIpc) is 3.72. The van der Waals surface area contributed by atoms with Gasteiger partial charge in [0.15, 0.2) is 0 Å². The first kappa shape index (κ1) is 32.6. The molecule has 0 aliphatic heterocycles. The summed E-state index contributed by atoms with van der Waals surface area (Å²) in [5.41, 5.74) is 3.08. The molecule has 0 atom stereocenters. The van der Waals surface area contributed by atoms with Gasteiger partial charge in [-0.2, -0.15) is 0 Å². The first-order valence-electron chi connectivity index (χ1n) is 16.6. The molecule has 0 saturated heterocycles. The van der Waals surface area contributed by atoms with Crippen LogP contribution in [0.4, 0.5) is 0 Å². The van der Waals surface area contributed by atoms with Crippen LogP contribution >= 0.6 is 34.0 Å². The van der Waals surface area contributed by atoms with Crippen molar-refractivity contribution < 1.29 is 0 Å². The van der Waals surface area contributed by atoms with Crippen LogP contribution in [-0.2, 0) is 12.8 Å². The van der Waals surface area contributed by atoms with Gasteiger partial charge in [0.2, 0.25) is 0 Å². The van der Waals surface area contributed by atoms with E-state index in [1.54, 1.807) is 11.1 Å². The van der Waals surface area contributed by atoms with Crippen LogP contribution in [0, 0.1) is 0 Å². The van der Waals surface area contributed by atoms with Gasteiger partial charge in [-0.1, -0.05) is 129 Å². The van der Waals surface area contributed by atoms with E-state index in [1.165, 1.54) is 161 Å². The molecular weight excluding hydrogens is 529 g/mol. The van der Waals surface area contributed by atoms with Gasteiger partial charge in [-0.15, -0.1) is 34.0 Å². The van der Waals surface area contributed by atoms with Gasteiger partial charge in [0.25, 0.3) is 0 Å². The van der Waals surface area contributed by atoms with E-state index in [0.29, 0.717) is 0 Å². The van der Waals surface area contributed by atoms with Crippen LogP contribution in [0.25, 0.3) is 19.5 Å². The molecule has 0 unspecified atom stereocenters. The van der Waals surface area contributed by atoms with Gasteiger partial charge in [0, 0.05) is 19.5 Å². The lowest BCUT2D eigenvalue weighted by Gasteiger charge is -2.02. The van der Waals surface area contributed by atoms with E-state index < -0.39 is 0 Å². The standard InChI is InChI=1S/C36H56S3/c1-3-5-7-9-11-13-15-17-19-21-23-31-27-35(37-29-31)33-25-26-34(39-33)36-28-32(30-38-36)24-22-20-18-16-14-12-10-8-6-4-2/h25-30H,3-24H2,1-2H3. The molecule has 0 aromatic carbocycles. The molecule has 0 saturated carbocycles. The Morgan fingerprint density at radius 1 is 0.410 bits per heavy atom. The second-order valence-electron chi connectivity index (χ2n) is 11.7. The maximum atomic E-state index is 2.46. The molecule has 0 radical (unpaired) electrons. The van der Waals surface area contributed by atoms with Crippen molar-refractivity contribution in [2.24, 2.45) is 0 Å². The van der Waals surface area contributed by atoms with Crippen LogP contribution < -0.4 is 0 Å². The summed E-state index contributed by atoms with van der Waals surface area (Å²) in [5, 5.41) is 4.80.